The average molecular weight is 593 g/mol. The molecule has 2 atom stereocenters. The van der Waals surface area contributed by atoms with Crippen molar-refractivity contribution in [3.8, 4) is 0 Å². The molecule has 10 heteroatoms. The number of hydrogen-bond donors (Lipinski definition) is 0. The predicted octanol–water partition coefficient (Wildman–Crippen LogP) is 5.79. The Morgan fingerprint density at radius 2 is 1.29 bits per heavy atom. The summed E-state index contributed by atoms with van der Waals surface area (Å²) in [7, 11) is 0. The standard InChI is InChI=1S/C31H26Cl2N2O6/c32-30-21-8-3-4-9-22(21)31(33,24-11-6-5-10-23(24)30)27-26(30)28(37)34(29(27)38)17-7-1-2-12-25(36)41-18-19-13-15-20(16-14-19)35(39)40/h3-6,8-11,13-16,26-27H,1-2,7,12,17-18H2/t26-,27+,30?,31?. The lowest BCUT2D eigenvalue weighted by molar-refractivity contribution is -0.384. The van der Waals surface area contributed by atoms with E-state index in [1.54, 1.807) is 12.1 Å². The number of non-ortho nitro benzene ring substituents is 1. The van der Waals surface area contributed by atoms with Crippen molar-refractivity contribution in [2.45, 2.75) is 42.0 Å². The summed E-state index contributed by atoms with van der Waals surface area (Å²) >= 11 is 14.8. The van der Waals surface area contributed by atoms with Gasteiger partial charge in [-0.2, -0.15) is 0 Å². The molecule has 4 aliphatic rings. The molecule has 2 bridgehead atoms. The molecule has 8 nitrogen and oxygen atoms in total. The van der Waals surface area contributed by atoms with Crippen LogP contribution in [0, 0.1) is 22.0 Å². The van der Waals surface area contributed by atoms with Gasteiger partial charge in [0.25, 0.3) is 5.69 Å². The Kier molecular flexibility index (Phi) is 6.86. The first-order valence-corrected chi connectivity index (χ1v) is 14.3. The Labute approximate surface area is 246 Å². The fourth-order valence-corrected chi connectivity index (χ4v) is 7.71. The summed E-state index contributed by atoms with van der Waals surface area (Å²) in [5, 5.41) is 10.8. The van der Waals surface area contributed by atoms with Gasteiger partial charge in [0.1, 0.15) is 16.4 Å². The summed E-state index contributed by atoms with van der Waals surface area (Å²) in [5.41, 5.74) is 3.71. The van der Waals surface area contributed by atoms with Crippen molar-refractivity contribution in [2.75, 3.05) is 6.54 Å². The monoisotopic (exact) mass is 592 g/mol. The molecule has 0 N–H and O–H groups in total. The number of likely N-dealkylation sites (tertiary alicyclic amines) is 1. The molecule has 1 saturated heterocycles. The zero-order chi connectivity index (χ0) is 28.9. The Bertz CT molecular complexity index is 1450. The lowest BCUT2D eigenvalue weighted by Gasteiger charge is -2.54. The zero-order valence-corrected chi connectivity index (χ0v) is 23.4. The molecular formula is C31H26Cl2N2O6. The quantitative estimate of drug-likeness (QED) is 0.0777. The second-order valence-corrected chi connectivity index (χ2v) is 11.9. The van der Waals surface area contributed by atoms with E-state index in [1.165, 1.54) is 17.0 Å². The Hall–Kier alpha value is -3.75. The van der Waals surface area contributed by atoms with E-state index in [4.69, 9.17) is 27.9 Å². The number of amides is 2. The smallest absolute Gasteiger partial charge is 0.306 e. The van der Waals surface area contributed by atoms with Gasteiger partial charge in [-0.1, -0.05) is 55.0 Å². The number of carbonyl (C=O) groups excluding carboxylic acids is 3. The second-order valence-electron chi connectivity index (χ2n) is 10.7. The first-order chi connectivity index (χ1) is 19.7. The van der Waals surface area contributed by atoms with E-state index in [0.717, 1.165) is 22.3 Å². The zero-order valence-electron chi connectivity index (χ0n) is 21.9. The molecular weight excluding hydrogens is 567 g/mol. The van der Waals surface area contributed by atoms with Crippen LogP contribution in [-0.2, 0) is 35.5 Å². The highest BCUT2D eigenvalue weighted by Crippen LogP contribution is 2.69. The van der Waals surface area contributed by atoms with Crippen LogP contribution in [-0.4, -0.2) is 34.2 Å². The Morgan fingerprint density at radius 1 is 0.805 bits per heavy atom. The SMILES string of the molecule is O=C(CCCCCN1C(=O)[C@@H]2[C@H](C1=O)C1(Cl)c3ccccc3C2(Cl)c2ccccc21)OCc1ccc([N+](=O)[O-])cc1. The topological polar surface area (TPSA) is 107 Å². The number of nitro groups is 1. The number of halogens is 2. The number of carbonyl (C=O) groups is 3. The average Bonchev–Trinajstić information content (AvgIpc) is 3.25. The minimum absolute atomic E-state index is 0.0292. The number of esters is 1. The van der Waals surface area contributed by atoms with Crippen molar-refractivity contribution in [1.82, 2.24) is 4.90 Å². The minimum Gasteiger partial charge on any atom is -0.461 e. The molecule has 0 aromatic heterocycles. The van der Waals surface area contributed by atoms with Gasteiger partial charge in [0, 0.05) is 25.1 Å². The van der Waals surface area contributed by atoms with Gasteiger partial charge in [0.2, 0.25) is 11.8 Å². The van der Waals surface area contributed by atoms with Crippen molar-refractivity contribution >= 4 is 46.7 Å². The molecule has 3 aliphatic carbocycles. The number of alkyl halides is 2. The van der Waals surface area contributed by atoms with Crippen LogP contribution in [0.5, 0.6) is 0 Å². The summed E-state index contributed by atoms with van der Waals surface area (Å²) in [6, 6.07) is 20.9. The number of ether oxygens (including phenoxy) is 1. The van der Waals surface area contributed by atoms with Crippen molar-refractivity contribution in [2.24, 2.45) is 11.8 Å². The van der Waals surface area contributed by atoms with Crippen LogP contribution < -0.4 is 0 Å². The van der Waals surface area contributed by atoms with E-state index in [0.29, 0.717) is 24.8 Å². The highest BCUT2D eigenvalue weighted by molar-refractivity contribution is 6.36. The maximum absolute atomic E-state index is 13.8. The third-order valence-electron chi connectivity index (χ3n) is 8.49. The molecule has 0 radical (unpaired) electrons. The van der Waals surface area contributed by atoms with Crippen LogP contribution >= 0.6 is 23.2 Å². The largest absolute Gasteiger partial charge is 0.461 e. The first-order valence-electron chi connectivity index (χ1n) is 13.5. The second kappa shape index (κ2) is 10.3. The van der Waals surface area contributed by atoms with E-state index >= 15 is 0 Å². The van der Waals surface area contributed by atoms with Crippen molar-refractivity contribution < 1.29 is 24.0 Å². The fourth-order valence-electron chi connectivity index (χ4n) is 6.61. The van der Waals surface area contributed by atoms with Gasteiger partial charge < -0.3 is 4.74 Å². The van der Waals surface area contributed by atoms with Crippen LogP contribution in [0.2, 0.25) is 0 Å². The summed E-state index contributed by atoms with van der Waals surface area (Å²) in [6.45, 7) is 0.247. The van der Waals surface area contributed by atoms with Crippen LogP contribution in [0.15, 0.2) is 72.8 Å². The molecule has 3 aromatic carbocycles. The molecule has 210 valence electrons. The van der Waals surface area contributed by atoms with Crippen LogP contribution in [0.3, 0.4) is 0 Å². The number of nitro benzene ring substituents is 1. The highest BCUT2D eigenvalue weighted by Gasteiger charge is 2.72. The number of unbranched alkanes of at least 4 members (excludes halogenated alkanes) is 2. The lowest BCUT2D eigenvalue weighted by Crippen LogP contribution is -2.57. The Balaban J connectivity index is 1.08. The minimum atomic E-state index is -1.19. The van der Waals surface area contributed by atoms with Gasteiger partial charge in [-0.05, 0) is 52.8 Å². The number of nitrogens with zero attached hydrogens (tertiary/aromatic N) is 2. The molecule has 1 heterocycles. The molecule has 3 aromatic rings. The molecule has 1 aliphatic heterocycles. The fraction of sp³-hybridized carbons (Fsp3) is 0.323. The molecule has 7 rings (SSSR count). The molecule has 0 unspecified atom stereocenters. The first kappa shape index (κ1) is 27.4. The summed E-state index contributed by atoms with van der Waals surface area (Å²) in [5.74, 6) is -2.64. The number of imide groups is 1. The van der Waals surface area contributed by atoms with Gasteiger partial charge in [0.15, 0.2) is 0 Å². The number of benzene rings is 3. The van der Waals surface area contributed by atoms with Gasteiger partial charge in [-0.15, -0.1) is 23.2 Å². The molecule has 2 amide bonds. The van der Waals surface area contributed by atoms with Crippen molar-refractivity contribution in [3.05, 3.63) is 111 Å². The lowest BCUT2D eigenvalue weighted by atomic mass is 9.54. The van der Waals surface area contributed by atoms with E-state index < -0.39 is 26.5 Å². The molecule has 0 saturated carbocycles. The number of hydrogen-bond acceptors (Lipinski definition) is 6. The molecule has 41 heavy (non-hydrogen) atoms. The predicted molar refractivity (Wildman–Crippen MR) is 151 cm³/mol. The van der Waals surface area contributed by atoms with Crippen molar-refractivity contribution in [1.29, 1.82) is 0 Å². The van der Waals surface area contributed by atoms with Gasteiger partial charge in [0.05, 0.1) is 16.8 Å². The maximum Gasteiger partial charge on any atom is 0.306 e. The number of rotatable bonds is 9. The van der Waals surface area contributed by atoms with Crippen LogP contribution in [0.25, 0.3) is 0 Å². The van der Waals surface area contributed by atoms with E-state index in [2.05, 4.69) is 0 Å². The van der Waals surface area contributed by atoms with E-state index in [-0.39, 0.29) is 43.0 Å². The van der Waals surface area contributed by atoms with E-state index in [9.17, 15) is 24.5 Å². The van der Waals surface area contributed by atoms with Crippen molar-refractivity contribution in [3.63, 3.8) is 0 Å². The van der Waals surface area contributed by atoms with Crippen LogP contribution in [0.4, 0.5) is 5.69 Å². The van der Waals surface area contributed by atoms with Crippen LogP contribution in [0.1, 0.15) is 53.5 Å². The van der Waals surface area contributed by atoms with Gasteiger partial charge in [-0.3, -0.25) is 29.4 Å². The van der Waals surface area contributed by atoms with E-state index in [1.807, 2.05) is 48.5 Å². The summed E-state index contributed by atoms with van der Waals surface area (Å²) < 4.78 is 5.26. The summed E-state index contributed by atoms with van der Waals surface area (Å²) in [4.78, 5) is 49.0. The van der Waals surface area contributed by atoms with Gasteiger partial charge >= 0.3 is 5.97 Å². The summed E-state index contributed by atoms with van der Waals surface area (Å²) in [6.07, 6.45) is 1.84. The maximum atomic E-state index is 13.8. The highest BCUT2D eigenvalue weighted by atomic mass is 35.5. The third-order valence-corrected chi connectivity index (χ3v) is 9.77. The van der Waals surface area contributed by atoms with Gasteiger partial charge in [-0.25, -0.2) is 0 Å². The molecule has 1 fully saturated rings. The normalized spacial score (nSPS) is 25.5. The Morgan fingerprint density at radius 3 is 1.76 bits per heavy atom. The third kappa shape index (κ3) is 4.15. The molecule has 0 spiro atoms.